The standard InChI is InChI=1S/C23H25ClN6OS/c1-30(2)8-4-5-14-9-19(22(31-3)25-12-14)28-23-26-13-15-10-20(32)27-18-11-16(24)6-7-17(18)21(15)29-23/h6-7,9,11-13H,4-5,8,10H2,1-3H3,(H,27,32)(H,26,28,29). The normalized spacial score (nSPS) is 12.6. The highest BCUT2D eigenvalue weighted by Crippen LogP contribution is 2.35. The van der Waals surface area contributed by atoms with Gasteiger partial charge in [-0.1, -0.05) is 23.8 Å². The number of pyridine rings is 1. The molecule has 0 fully saturated rings. The summed E-state index contributed by atoms with van der Waals surface area (Å²) >= 11 is 11.7. The molecule has 4 rings (SSSR count). The van der Waals surface area contributed by atoms with Crippen LogP contribution in [0.1, 0.15) is 17.5 Å². The Labute approximate surface area is 198 Å². The number of thiocarbonyl (C=S) groups is 1. The monoisotopic (exact) mass is 468 g/mol. The molecule has 1 aliphatic rings. The molecule has 0 unspecified atom stereocenters. The molecular formula is C23H25ClN6OS. The Bertz CT molecular complexity index is 1150. The van der Waals surface area contributed by atoms with Crippen molar-refractivity contribution in [1.29, 1.82) is 0 Å². The number of hydrogen-bond donors (Lipinski definition) is 2. The lowest BCUT2D eigenvalue weighted by Crippen LogP contribution is -2.13. The van der Waals surface area contributed by atoms with Crippen LogP contribution in [0.25, 0.3) is 11.3 Å². The Hall–Kier alpha value is -2.81. The van der Waals surface area contributed by atoms with Crippen LogP contribution in [0.4, 0.5) is 17.3 Å². The van der Waals surface area contributed by atoms with Crippen molar-refractivity contribution in [2.75, 3.05) is 38.4 Å². The second kappa shape index (κ2) is 9.77. The van der Waals surface area contributed by atoms with Crippen molar-refractivity contribution in [3.63, 3.8) is 0 Å². The van der Waals surface area contributed by atoms with E-state index < -0.39 is 0 Å². The van der Waals surface area contributed by atoms with E-state index in [2.05, 4.69) is 39.6 Å². The van der Waals surface area contributed by atoms with Gasteiger partial charge in [0.2, 0.25) is 11.8 Å². The van der Waals surface area contributed by atoms with Crippen molar-refractivity contribution in [2.45, 2.75) is 19.3 Å². The fourth-order valence-corrected chi connectivity index (χ4v) is 4.07. The van der Waals surface area contributed by atoms with Gasteiger partial charge in [-0.05, 0) is 63.3 Å². The molecule has 0 spiro atoms. The van der Waals surface area contributed by atoms with Gasteiger partial charge in [0.05, 0.1) is 17.8 Å². The summed E-state index contributed by atoms with van der Waals surface area (Å²) in [4.78, 5) is 16.7. The summed E-state index contributed by atoms with van der Waals surface area (Å²) in [5.41, 5.74) is 5.39. The third-order valence-electron chi connectivity index (χ3n) is 5.14. The Kier molecular flexibility index (Phi) is 6.83. The second-order valence-electron chi connectivity index (χ2n) is 7.91. The molecule has 9 heteroatoms. The largest absolute Gasteiger partial charge is 0.480 e. The van der Waals surface area contributed by atoms with Crippen LogP contribution in [0.15, 0.2) is 36.7 Å². The molecule has 0 atom stereocenters. The number of anilines is 3. The second-order valence-corrected chi connectivity index (χ2v) is 8.84. The van der Waals surface area contributed by atoms with Crippen LogP contribution < -0.4 is 15.4 Å². The lowest BCUT2D eigenvalue weighted by molar-refractivity contribution is 0.396. The van der Waals surface area contributed by atoms with Gasteiger partial charge in [0.1, 0.15) is 5.69 Å². The van der Waals surface area contributed by atoms with E-state index in [-0.39, 0.29) is 0 Å². The number of nitrogens with zero attached hydrogens (tertiary/aromatic N) is 4. The van der Waals surface area contributed by atoms with Crippen LogP contribution in [-0.2, 0) is 12.8 Å². The molecule has 32 heavy (non-hydrogen) atoms. The van der Waals surface area contributed by atoms with Gasteiger partial charge in [-0.25, -0.2) is 15.0 Å². The van der Waals surface area contributed by atoms with E-state index in [0.29, 0.717) is 28.3 Å². The SMILES string of the molecule is COc1ncc(CCCN(C)C)cc1Nc1ncc2c(n1)-c1ccc(Cl)cc1NC(=S)C2. The minimum atomic E-state index is 0.461. The molecule has 0 saturated heterocycles. The van der Waals surface area contributed by atoms with Gasteiger partial charge in [0, 0.05) is 40.7 Å². The van der Waals surface area contributed by atoms with E-state index in [9.17, 15) is 0 Å². The summed E-state index contributed by atoms with van der Waals surface area (Å²) in [6.45, 7) is 1.02. The maximum atomic E-state index is 6.19. The fourth-order valence-electron chi connectivity index (χ4n) is 3.63. The third kappa shape index (κ3) is 5.15. The zero-order chi connectivity index (χ0) is 22.7. The average Bonchev–Trinajstić information content (AvgIpc) is 2.88. The molecule has 3 aromatic rings. The molecule has 1 aliphatic heterocycles. The number of halogens is 1. The van der Waals surface area contributed by atoms with Crippen molar-refractivity contribution in [1.82, 2.24) is 19.9 Å². The smallest absolute Gasteiger partial charge is 0.237 e. The number of methoxy groups -OCH3 is 1. The van der Waals surface area contributed by atoms with Crippen LogP contribution >= 0.6 is 23.8 Å². The molecule has 0 saturated carbocycles. The molecule has 166 valence electrons. The number of hydrogen-bond acceptors (Lipinski definition) is 7. The first-order valence-electron chi connectivity index (χ1n) is 10.3. The van der Waals surface area contributed by atoms with Crippen molar-refractivity contribution in [3.05, 3.63) is 52.8 Å². The molecule has 1 aromatic carbocycles. The molecule has 0 bridgehead atoms. The predicted octanol–water partition coefficient (Wildman–Crippen LogP) is 4.73. The van der Waals surface area contributed by atoms with Crippen molar-refractivity contribution < 1.29 is 4.74 Å². The van der Waals surface area contributed by atoms with Crippen LogP contribution in [0, 0.1) is 0 Å². The summed E-state index contributed by atoms with van der Waals surface area (Å²) in [5.74, 6) is 0.956. The summed E-state index contributed by atoms with van der Waals surface area (Å²) in [6, 6.07) is 7.69. The molecule has 7 nitrogen and oxygen atoms in total. The van der Waals surface area contributed by atoms with Crippen LogP contribution in [0.5, 0.6) is 5.88 Å². The number of nitrogens with one attached hydrogen (secondary N) is 2. The van der Waals surface area contributed by atoms with Gasteiger partial charge >= 0.3 is 0 Å². The number of fused-ring (bicyclic) bond motifs is 3. The third-order valence-corrected chi connectivity index (χ3v) is 5.63. The van der Waals surface area contributed by atoms with Crippen LogP contribution in [-0.4, -0.2) is 52.6 Å². The van der Waals surface area contributed by atoms with Gasteiger partial charge in [0.25, 0.3) is 0 Å². The van der Waals surface area contributed by atoms with E-state index >= 15 is 0 Å². The lowest BCUT2D eigenvalue weighted by Gasteiger charge is -2.14. The van der Waals surface area contributed by atoms with Crippen molar-refractivity contribution in [2.24, 2.45) is 0 Å². The van der Waals surface area contributed by atoms with Gasteiger partial charge < -0.3 is 20.3 Å². The number of ether oxygens (including phenoxy) is 1. The molecule has 0 amide bonds. The first kappa shape index (κ1) is 22.4. The Morgan fingerprint density at radius 1 is 1.22 bits per heavy atom. The van der Waals surface area contributed by atoms with E-state index in [1.165, 1.54) is 0 Å². The minimum absolute atomic E-state index is 0.461. The first-order chi connectivity index (χ1) is 15.4. The van der Waals surface area contributed by atoms with Crippen molar-refractivity contribution >= 4 is 46.1 Å². The molecule has 2 aromatic heterocycles. The molecular weight excluding hydrogens is 444 g/mol. The van der Waals surface area contributed by atoms with Crippen LogP contribution in [0.3, 0.4) is 0 Å². The Balaban J connectivity index is 1.65. The fraction of sp³-hybridized carbons (Fsp3) is 0.304. The summed E-state index contributed by atoms with van der Waals surface area (Å²) < 4.78 is 5.45. The van der Waals surface area contributed by atoms with Gasteiger partial charge in [0.15, 0.2) is 0 Å². The van der Waals surface area contributed by atoms with Gasteiger partial charge in [-0.15, -0.1) is 0 Å². The maximum Gasteiger partial charge on any atom is 0.237 e. The van der Waals surface area contributed by atoms with E-state index in [1.54, 1.807) is 7.11 Å². The van der Waals surface area contributed by atoms with Crippen LogP contribution in [0.2, 0.25) is 5.02 Å². The van der Waals surface area contributed by atoms with E-state index in [0.717, 1.165) is 53.1 Å². The van der Waals surface area contributed by atoms with Gasteiger partial charge in [-0.2, -0.15) is 0 Å². The molecule has 0 aliphatic carbocycles. The lowest BCUT2D eigenvalue weighted by atomic mass is 10.1. The zero-order valence-electron chi connectivity index (χ0n) is 18.3. The minimum Gasteiger partial charge on any atom is -0.480 e. The highest BCUT2D eigenvalue weighted by Gasteiger charge is 2.20. The number of aromatic nitrogens is 3. The molecule has 0 radical (unpaired) electrons. The quantitative estimate of drug-likeness (QED) is 0.482. The van der Waals surface area contributed by atoms with Crippen molar-refractivity contribution in [3.8, 4) is 17.1 Å². The Morgan fingerprint density at radius 2 is 2.06 bits per heavy atom. The maximum absolute atomic E-state index is 6.19. The predicted molar refractivity (Wildman–Crippen MR) is 133 cm³/mol. The van der Waals surface area contributed by atoms with E-state index in [4.69, 9.17) is 33.5 Å². The highest BCUT2D eigenvalue weighted by molar-refractivity contribution is 7.80. The zero-order valence-corrected chi connectivity index (χ0v) is 19.8. The summed E-state index contributed by atoms with van der Waals surface area (Å²) in [6.07, 6.45) is 6.19. The molecule has 2 N–H and O–H groups in total. The average molecular weight is 469 g/mol. The van der Waals surface area contributed by atoms with Gasteiger partial charge in [-0.3, -0.25) is 0 Å². The summed E-state index contributed by atoms with van der Waals surface area (Å²) in [7, 11) is 5.75. The summed E-state index contributed by atoms with van der Waals surface area (Å²) in [5, 5.41) is 7.18. The topological polar surface area (TPSA) is 75.2 Å². The molecule has 3 heterocycles. The van der Waals surface area contributed by atoms with E-state index in [1.807, 2.05) is 36.7 Å². The number of rotatable bonds is 7. The highest BCUT2D eigenvalue weighted by atomic mass is 35.5. The number of benzene rings is 1. The number of aryl methyl sites for hydroxylation is 1. The Morgan fingerprint density at radius 3 is 2.84 bits per heavy atom. The first-order valence-corrected chi connectivity index (χ1v) is 11.1.